The first-order valence-corrected chi connectivity index (χ1v) is 6.27. The van der Waals surface area contributed by atoms with Crippen molar-refractivity contribution in [2.75, 3.05) is 0 Å². The van der Waals surface area contributed by atoms with Crippen molar-refractivity contribution in [3.05, 3.63) is 35.4 Å². The molecule has 1 aromatic carbocycles. The van der Waals surface area contributed by atoms with Crippen molar-refractivity contribution in [1.82, 2.24) is 4.72 Å². The number of benzene rings is 1. The Morgan fingerprint density at radius 2 is 2.12 bits per heavy atom. The lowest BCUT2D eigenvalue weighted by molar-refractivity contribution is 0.576. The maximum atomic E-state index is 9.83. The molecule has 0 bridgehead atoms. The second-order valence-corrected chi connectivity index (χ2v) is 6.61. The van der Waals surface area contributed by atoms with E-state index >= 15 is 0 Å². The molecule has 1 aromatic rings. The molecule has 0 fully saturated rings. The van der Waals surface area contributed by atoms with Crippen LogP contribution < -0.4 is 4.72 Å². The van der Waals surface area contributed by atoms with Gasteiger partial charge in [0.1, 0.15) is 0 Å². The van der Waals surface area contributed by atoms with Gasteiger partial charge in [0.25, 0.3) is 0 Å². The van der Waals surface area contributed by atoms with Crippen molar-refractivity contribution >= 4 is 11.4 Å². The van der Waals surface area contributed by atoms with E-state index in [0.29, 0.717) is 12.1 Å². The summed E-state index contributed by atoms with van der Waals surface area (Å²) in [6.07, 6.45) is 0. The van der Waals surface area contributed by atoms with Crippen molar-refractivity contribution in [2.24, 2.45) is 0 Å². The van der Waals surface area contributed by atoms with E-state index in [4.69, 9.17) is 5.26 Å². The summed E-state index contributed by atoms with van der Waals surface area (Å²) in [4.78, 5) is 0. The average molecular weight is 237 g/mol. The van der Waals surface area contributed by atoms with E-state index in [0.717, 1.165) is 5.56 Å². The van der Waals surface area contributed by atoms with Gasteiger partial charge in [0, 0.05) is 0 Å². The smallest absolute Gasteiger partial charge is 0.192 e. The standard InChI is InChI=1S/C12H17N2OS/c1-12(2,3)16(15)14-9-11-6-4-5-10(7-11)8-13/h4-7,14-15H,9H2,1-3H3/q+1. The SMILES string of the molecule is CC(C)(C)[S+](O)NCc1cccc(C#N)c1. The maximum Gasteiger partial charge on any atom is 0.240 e. The summed E-state index contributed by atoms with van der Waals surface area (Å²) in [5.74, 6) is 0. The zero-order valence-electron chi connectivity index (χ0n) is 9.82. The summed E-state index contributed by atoms with van der Waals surface area (Å²) < 4.78 is 12.7. The van der Waals surface area contributed by atoms with Gasteiger partial charge in [-0.2, -0.15) is 9.81 Å². The highest BCUT2D eigenvalue weighted by molar-refractivity contribution is 7.90. The Balaban J connectivity index is 2.59. The lowest BCUT2D eigenvalue weighted by atomic mass is 10.1. The molecule has 4 heteroatoms. The summed E-state index contributed by atoms with van der Waals surface area (Å²) in [6, 6.07) is 9.48. The van der Waals surface area contributed by atoms with Crippen molar-refractivity contribution in [2.45, 2.75) is 32.1 Å². The zero-order chi connectivity index (χ0) is 12.2. The van der Waals surface area contributed by atoms with Crippen LogP contribution in [0, 0.1) is 11.3 Å². The Labute approximate surface area is 99.8 Å². The lowest BCUT2D eigenvalue weighted by Gasteiger charge is -2.14. The van der Waals surface area contributed by atoms with Crippen LogP contribution in [-0.2, 0) is 17.9 Å². The molecule has 0 heterocycles. The van der Waals surface area contributed by atoms with Crippen LogP contribution in [0.1, 0.15) is 31.9 Å². The Morgan fingerprint density at radius 1 is 1.44 bits per heavy atom. The van der Waals surface area contributed by atoms with E-state index in [2.05, 4.69) is 10.8 Å². The number of hydrogen-bond donors (Lipinski definition) is 2. The van der Waals surface area contributed by atoms with E-state index in [1.54, 1.807) is 6.07 Å². The van der Waals surface area contributed by atoms with Crippen molar-refractivity contribution in [3.63, 3.8) is 0 Å². The first kappa shape index (κ1) is 13.0. The molecule has 16 heavy (non-hydrogen) atoms. The van der Waals surface area contributed by atoms with Gasteiger partial charge in [-0.3, -0.25) is 0 Å². The molecular formula is C12H17N2OS+. The van der Waals surface area contributed by atoms with Crippen LogP contribution in [0.4, 0.5) is 0 Å². The zero-order valence-corrected chi connectivity index (χ0v) is 10.6. The fraction of sp³-hybridized carbons (Fsp3) is 0.417. The van der Waals surface area contributed by atoms with Gasteiger partial charge >= 0.3 is 0 Å². The fourth-order valence-corrected chi connectivity index (χ4v) is 1.86. The molecule has 0 saturated heterocycles. The van der Waals surface area contributed by atoms with Crippen LogP contribution in [-0.4, -0.2) is 9.30 Å². The molecule has 0 aliphatic carbocycles. The van der Waals surface area contributed by atoms with Crippen molar-refractivity contribution in [1.29, 1.82) is 5.26 Å². The molecule has 0 saturated carbocycles. The van der Waals surface area contributed by atoms with Gasteiger partial charge in [-0.1, -0.05) is 12.1 Å². The minimum Gasteiger partial charge on any atom is -0.192 e. The summed E-state index contributed by atoms with van der Waals surface area (Å²) in [6.45, 7) is 6.52. The third-order valence-corrected chi connectivity index (χ3v) is 3.63. The summed E-state index contributed by atoms with van der Waals surface area (Å²) >= 11 is -0.829. The minimum atomic E-state index is -0.829. The highest BCUT2D eigenvalue weighted by atomic mass is 32.2. The second kappa shape index (κ2) is 5.35. The van der Waals surface area contributed by atoms with Gasteiger partial charge in [-0.25, -0.2) is 0 Å². The fourth-order valence-electron chi connectivity index (χ4n) is 1.12. The number of nitriles is 1. The summed E-state index contributed by atoms with van der Waals surface area (Å²) in [5.41, 5.74) is 1.66. The van der Waals surface area contributed by atoms with Gasteiger partial charge in [0.2, 0.25) is 11.4 Å². The van der Waals surface area contributed by atoms with Crippen LogP contribution in [0.5, 0.6) is 0 Å². The molecule has 1 unspecified atom stereocenters. The van der Waals surface area contributed by atoms with Crippen molar-refractivity contribution < 1.29 is 4.55 Å². The predicted molar refractivity (Wildman–Crippen MR) is 67.7 cm³/mol. The van der Waals surface area contributed by atoms with Gasteiger partial charge in [0.05, 0.1) is 18.2 Å². The van der Waals surface area contributed by atoms with Crippen LogP contribution in [0.2, 0.25) is 0 Å². The second-order valence-electron chi connectivity index (χ2n) is 4.53. The van der Waals surface area contributed by atoms with Gasteiger partial charge in [0.15, 0.2) is 4.75 Å². The molecule has 0 aliphatic rings. The van der Waals surface area contributed by atoms with Crippen LogP contribution >= 0.6 is 0 Å². The van der Waals surface area contributed by atoms with Gasteiger partial charge < -0.3 is 0 Å². The normalized spacial score (nSPS) is 13.2. The summed E-state index contributed by atoms with van der Waals surface area (Å²) in [5, 5.41) is 8.75. The Kier molecular flexibility index (Phi) is 4.36. The quantitative estimate of drug-likeness (QED) is 0.794. The maximum absolute atomic E-state index is 9.83. The molecule has 0 amide bonds. The number of nitrogens with zero attached hydrogens (tertiary/aromatic N) is 1. The van der Waals surface area contributed by atoms with Crippen molar-refractivity contribution in [3.8, 4) is 6.07 Å². The first-order valence-electron chi connectivity index (χ1n) is 5.09. The molecule has 1 atom stereocenters. The number of nitrogens with one attached hydrogen (secondary N) is 1. The van der Waals surface area contributed by atoms with Gasteiger partial charge in [-0.05, 0) is 38.5 Å². The molecule has 0 radical (unpaired) electrons. The lowest BCUT2D eigenvalue weighted by Crippen LogP contribution is -2.38. The van der Waals surface area contributed by atoms with E-state index in [1.807, 2.05) is 39.0 Å². The highest BCUT2D eigenvalue weighted by Gasteiger charge is 2.33. The summed E-state index contributed by atoms with van der Waals surface area (Å²) in [7, 11) is 0. The molecular weight excluding hydrogens is 220 g/mol. The van der Waals surface area contributed by atoms with E-state index in [-0.39, 0.29) is 4.75 Å². The van der Waals surface area contributed by atoms with E-state index in [9.17, 15) is 4.55 Å². The molecule has 3 nitrogen and oxygen atoms in total. The average Bonchev–Trinajstić information content (AvgIpc) is 2.25. The Bertz CT molecular complexity index is 393. The third-order valence-electron chi connectivity index (χ3n) is 2.05. The molecule has 86 valence electrons. The van der Waals surface area contributed by atoms with E-state index < -0.39 is 11.4 Å². The largest absolute Gasteiger partial charge is 0.240 e. The molecule has 0 aromatic heterocycles. The highest BCUT2D eigenvalue weighted by Crippen LogP contribution is 2.14. The van der Waals surface area contributed by atoms with Gasteiger partial charge in [-0.15, -0.1) is 4.72 Å². The third kappa shape index (κ3) is 3.86. The topological polar surface area (TPSA) is 56.0 Å². The monoisotopic (exact) mass is 237 g/mol. The van der Waals surface area contributed by atoms with Crippen LogP contribution in [0.3, 0.4) is 0 Å². The number of hydrogen-bond acceptors (Lipinski definition) is 3. The molecule has 0 aliphatic heterocycles. The Hall–Kier alpha value is -1.02. The predicted octanol–water partition coefficient (Wildman–Crippen LogP) is 2.45. The van der Waals surface area contributed by atoms with Crippen LogP contribution in [0.15, 0.2) is 24.3 Å². The molecule has 2 N–H and O–H groups in total. The molecule has 1 rings (SSSR count). The Morgan fingerprint density at radius 3 is 2.69 bits per heavy atom. The molecule has 0 spiro atoms. The van der Waals surface area contributed by atoms with Crippen LogP contribution in [0.25, 0.3) is 0 Å². The van der Waals surface area contributed by atoms with E-state index in [1.165, 1.54) is 0 Å². The first-order chi connectivity index (χ1) is 7.43. The minimum absolute atomic E-state index is 0.160. The number of rotatable bonds is 3.